The van der Waals surface area contributed by atoms with Crippen LogP contribution in [0.3, 0.4) is 0 Å². The smallest absolute Gasteiger partial charge is 0.242 e. The second kappa shape index (κ2) is 5.71. The van der Waals surface area contributed by atoms with E-state index in [2.05, 4.69) is 38.5 Å². The van der Waals surface area contributed by atoms with Gasteiger partial charge in [-0.1, -0.05) is 30.3 Å². The number of nitrogens with one attached hydrogen (secondary N) is 1. The zero-order valence-corrected chi connectivity index (χ0v) is 14.8. The molecule has 0 bridgehead atoms. The van der Waals surface area contributed by atoms with Crippen LogP contribution in [0.15, 0.2) is 48.7 Å². The van der Waals surface area contributed by atoms with Crippen molar-refractivity contribution >= 4 is 17.3 Å². The molecule has 6 heteroatoms. The number of benzene rings is 1. The van der Waals surface area contributed by atoms with Crippen molar-refractivity contribution in [2.24, 2.45) is 11.8 Å². The fraction of sp³-hybridized carbons (Fsp3) is 0.400. The Kier molecular flexibility index (Phi) is 3.43. The monoisotopic (exact) mass is 349 g/mol. The van der Waals surface area contributed by atoms with Gasteiger partial charge in [-0.05, 0) is 42.4 Å². The molecule has 2 aliphatic rings. The van der Waals surface area contributed by atoms with E-state index in [-0.39, 0.29) is 0 Å². The Morgan fingerprint density at radius 3 is 2.50 bits per heavy atom. The van der Waals surface area contributed by atoms with Crippen molar-refractivity contribution in [2.45, 2.75) is 18.4 Å². The van der Waals surface area contributed by atoms with Crippen molar-refractivity contribution in [2.75, 3.05) is 30.4 Å². The van der Waals surface area contributed by atoms with Gasteiger partial charge >= 0.3 is 0 Å². The van der Waals surface area contributed by atoms with Gasteiger partial charge in [-0.3, -0.25) is 0 Å². The molecule has 2 aromatic heterocycles. The van der Waals surface area contributed by atoms with Crippen LogP contribution in [0, 0.1) is 11.8 Å². The number of anilines is 2. The van der Waals surface area contributed by atoms with Gasteiger partial charge in [0.1, 0.15) is 0 Å². The third-order valence-electron chi connectivity index (χ3n) is 5.99. The van der Waals surface area contributed by atoms with Crippen molar-refractivity contribution in [1.82, 2.24) is 14.6 Å². The molecule has 6 nitrogen and oxygen atoms in total. The van der Waals surface area contributed by atoms with Crippen molar-refractivity contribution in [3.05, 3.63) is 54.2 Å². The van der Waals surface area contributed by atoms with Crippen LogP contribution >= 0.6 is 0 Å². The van der Waals surface area contributed by atoms with Gasteiger partial charge in [0.2, 0.25) is 5.95 Å². The molecular formula is C20H23N5O. The molecule has 0 spiro atoms. The molecule has 0 amide bonds. The Labute approximate surface area is 152 Å². The topological polar surface area (TPSA) is 65.7 Å². The number of nitrogens with zero attached hydrogens (tertiary/aromatic N) is 4. The SMILES string of the molecule is CNc1nc2c(N3C[C@@H]4C[C@](O)(c5ccccc5)C[C@@H]4C3)cccn2n1. The minimum Gasteiger partial charge on any atom is -0.385 e. The minimum atomic E-state index is -0.678. The highest BCUT2D eigenvalue weighted by Crippen LogP contribution is 2.49. The van der Waals surface area contributed by atoms with E-state index in [0.29, 0.717) is 17.8 Å². The fourth-order valence-electron chi connectivity index (χ4n) is 4.78. The summed E-state index contributed by atoms with van der Waals surface area (Å²) in [6.07, 6.45) is 3.59. The third kappa shape index (κ3) is 2.36. The predicted molar refractivity (Wildman–Crippen MR) is 101 cm³/mol. The number of aliphatic hydroxyl groups is 1. The van der Waals surface area contributed by atoms with Gasteiger partial charge in [-0.15, -0.1) is 5.10 Å². The van der Waals surface area contributed by atoms with Crippen LogP contribution in [-0.2, 0) is 5.60 Å². The van der Waals surface area contributed by atoms with E-state index in [1.165, 1.54) is 0 Å². The van der Waals surface area contributed by atoms with Crippen molar-refractivity contribution in [3.63, 3.8) is 0 Å². The van der Waals surface area contributed by atoms with Crippen LogP contribution in [0.25, 0.3) is 5.65 Å². The molecule has 0 unspecified atom stereocenters. The number of hydrogen-bond acceptors (Lipinski definition) is 5. The maximum Gasteiger partial charge on any atom is 0.242 e. The zero-order valence-electron chi connectivity index (χ0n) is 14.8. The molecule has 134 valence electrons. The summed E-state index contributed by atoms with van der Waals surface area (Å²) < 4.78 is 1.83. The van der Waals surface area contributed by atoms with E-state index in [4.69, 9.17) is 0 Å². The van der Waals surface area contributed by atoms with Gasteiger partial charge in [0.15, 0.2) is 5.65 Å². The predicted octanol–water partition coefficient (Wildman–Crippen LogP) is 2.51. The third-order valence-corrected chi connectivity index (χ3v) is 5.99. The molecule has 5 rings (SSSR count). The summed E-state index contributed by atoms with van der Waals surface area (Å²) in [7, 11) is 1.83. The van der Waals surface area contributed by atoms with Crippen LogP contribution in [0.1, 0.15) is 18.4 Å². The number of fused-ring (bicyclic) bond motifs is 2. The van der Waals surface area contributed by atoms with Gasteiger partial charge in [-0.25, -0.2) is 4.52 Å². The lowest BCUT2D eigenvalue weighted by Gasteiger charge is -2.27. The largest absolute Gasteiger partial charge is 0.385 e. The molecule has 26 heavy (non-hydrogen) atoms. The molecule has 1 aliphatic carbocycles. The van der Waals surface area contributed by atoms with E-state index in [1.807, 2.05) is 42.0 Å². The Bertz CT molecular complexity index is 924. The van der Waals surface area contributed by atoms with Crippen LogP contribution in [-0.4, -0.2) is 39.8 Å². The van der Waals surface area contributed by atoms with Crippen LogP contribution in [0.4, 0.5) is 11.6 Å². The van der Waals surface area contributed by atoms with E-state index in [9.17, 15) is 5.11 Å². The molecule has 3 aromatic rings. The highest BCUT2D eigenvalue weighted by Gasteiger charge is 2.49. The first kappa shape index (κ1) is 15.6. The Morgan fingerprint density at radius 1 is 1.08 bits per heavy atom. The lowest BCUT2D eigenvalue weighted by Crippen LogP contribution is -2.28. The van der Waals surface area contributed by atoms with Crippen LogP contribution < -0.4 is 10.2 Å². The summed E-state index contributed by atoms with van der Waals surface area (Å²) in [5.74, 6) is 1.65. The standard InChI is InChI=1S/C20H23N5O/c1-21-19-22-18-17(8-5-9-25(18)23-19)24-12-14-10-20(26,11-15(14)13-24)16-6-3-2-4-7-16/h2-9,14-15,26H,10-13H2,1H3,(H,21,23)/t14-,15+,20+. The molecule has 1 aromatic carbocycles. The summed E-state index contributed by atoms with van der Waals surface area (Å²) in [6, 6.07) is 14.3. The van der Waals surface area contributed by atoms with Crippen molar-refractivity contribution in [1.29, 1.82) is 0 Å². The summed E-state index contributed by atoms with van der Waals surface area (Å²) in [5.41, 5.74) is 2.39. The molecule has 0 radical (unpaired) electrons. The van der Waals surface area contributed by atoms with Gasteiger partial charge in [0.25, 0.3) is 0 Å². The van der Waals surface area contributed by atoms with Gasteiger partial charge < -0.3 is 15.3 Å². The maximum atomic E-state index is 11.2. The first-order valence-electron chi connectivity index (χ1n) is 9.22. The Balaban J connectivity index is 1.40. The van der Waals surface area contributed by atoms with Crippen molar-refractivity contribution in [3.8, 4) is 0 Å². The van der Waals surface area contributed by atoms with Crippen LogP contribution in [0.2, 0.25) is 0 Å². The van der Waals surface area contributed by atoms with E-state index in [0.717, 1.165) is 42.8 Å². The zero-order chi connectivity index (χ0) is 17.7. The van der Waals surface area contributed by atoms with E-state index < -0.39 is 5.60 Å². The Morgan fingerprint density at radius 2 is 1.81 bits per heavy atom. The maximum absolute atomic E-state index is 11.2. The van der Waals surface area contributed by atoms with Gasteiger partial charge in [-0.2, -0.15) is 4.98 Å². The quantitative estimate of drug-likeness (QED) is 0.761. The lowest BCUT2D eigenvalue weighted by molar-refractivity contribution is 0.0365. The van der Waals surface area contributed by atoms with Gasteiger partial charge in [0.05, 0.1) is 11.3 Å². The van der Waals surface area contributed by atoms with Gasteiger partial charge in [0, 0.05) is 26.3 Å². The molecule has 3 heterocycles. The summed E-state index contributed by atoms with van der Waals surface area (Å²) in [6.45, 7) is 1.92. The average molecular weight is 349 g/mol. The summed E-state index contributed by atoms with van der Waals surface area (Å²) in [4.78, 5) is 7.00. The average Bonchev–Trinajstić information content (AvgIpc) is 3.33. The molecule has 2 N–H and O–H groups in total. The first-order chi connectivity index (χ1) is 12.7. The highest BCUT2D eigenvalue weighted by atomic mass is 16.3. The Hall–Kier alpha value is -2.60. The normalized spacial score (nSPS) is 27.8. The number of hydrogen-bond donors (Lipinski definition) is 2. The molecule has 2 fully saturated rings. The number of pyridine rings is 1. The van der Waals surface area contributed by atoms with E-state index >= 15 is 0 Å². The highest BCUT2D eigenvalue weighted by molar-refractivity contribution is 5.70. The molecule has 1 aliphatic heterocycles. The summed E-state index contributed by atoms with van der Waals surface area (Å²) >= 11 is 0. The first-order valence-corrected chi connectivity index (χ1v) is 9.22. The fourth-order valence-corrected chi connectivity index (χ4v) is 4.78. The summed E-state index contributed by atoms with van der Waals surface area (Å²) in [5, 5.41) is 18.6. The lowest BCUT2D eigenvalue weighted by atomic mass is 9.90. The number of rotatable bonds is 3. The van der Waals surface area contributed by atoms with Crippen LogP contribution in [0.5, 0.6) is 0 Å². The minimum absolute atomic E-state index is 0.507. The molecule has 1 saturated heterocycles. The second-order valence-corrected chi connectivity index (χ2v) is 7.58. The van der Waals surface area contributed by atoms with Crippen molar-refractivity contribution < 1.29 is 5.11 Å². The molecule has 3 atom stereocenters. The number of aromatic nitrogens is 3. The molecule has 1 saturated carbocycles. The van der Waals surface area contributed by atoms with E-state index in [1.54, 1.807) is 0 Å². The second-order valence-electron chi connectivity index (χ2n) is 7.58. The molecular weight excluding hydrogens is 326 g/mol.